The van der Waals surface area contributed by atoms with Crippen LogP contribution < -0.4 is 5.73 Å². The first-order valence-corrected chi connectivity index (χ1v) is 7.96. The summed E-state index contributed by atoms with van der Waals surface area (Å²) in [6.07, 6.45) is 5.64. The minimum atomic E-state index is -0.471. The summed E-state index contributed by atoms with van der Waals surface area (Å²) in [5.41, 5.74) is 8.36. The van der Waals surface area contributed by atoms with Gasteiger partial charge in [0, 0.05) is 10.6 Å². The predicted molar refractivity (Wildman–Crippen MR) is 93.9 cm³/mol. The highest BCUT2D eigenvalue weighted by Crippen LogP contribution is 2.36. The lowest BCUT2D eigenvalue weighted by Crippen LogP contribution is -2.34. The van der Waals surface area contributed by atoms with Gasteiger partial charge in [-0.1, -0.05) is 41.7 Å². The molecule has 1 saturated carbocycles. The van der Waals surface area contributed by atoms with Crippen LogP contribution in [0.25, 0.3) is 22.7 Å². The fraction of sp³-hybridized carbons (Fsp3) is 0.312. The van der Waals surface area contributed by atoms with E-state index in [4.69, 9.17) is 21.9 Å². The van der Waals surface area contributed by atoms with Gasteiger partial charge in [-0.2, -0.15) is 10.1 Å². The summed E-state index contributed by atoms with van der Waals surface area (Å²) >= 11 is 6.07. The van der Waals surface area contributed by atoms with Crippen LogP contribution in [-0.2, 0) is 5.54 Å². The monoisotopic (exact) mass is 365 g/mol. The summed E-state index contributed by atoms with van der Waals surface area (Å²) in [5.74, 6) is 0.990. The maximum absolute atomic E-state index is 6.39. The Hall–Kier alpha value is -1.89. The van der Waals surface area contributed by atoms with Gasteiger partial charge in [-0.3, -0.25) is 5.10 Å². The Morgan fingerprint density at radius 2 is 2.04 bits per heavy atom. The van der Waals surface area contributed by atoms with Gasteiger partial charge in [-0.25, -0.2) is 0 Å². The number of nitrogens with one attached hydrogen (secondary N) is 1. The van der Waals surface area contributed by atoms with E-state index < -0.39 is 5.54 Å². The highest BCUT2D eigenvalue weighted by Gasteiger charge is 2.36. The molecular formula is C16H17Cl2N5O. The van der Waals surface area contributed by atoms with Crippen LogP contribution in [0.4, 0.5) is 0 Å². The second-order valence-electron chi connectivity index (χ2n) is 5.96. The fourth-order valence-electron chi connectivity index (χ4n) is 3.08. The summed E-state index contributed by atoms with van der Waals surface area (Å²) < 4.78 is 5.44. The van der Waals surface area contributed by atoms with Crippen LogP contribution in [0.3, 0.4) is 0 Å². The number of nitrogens with two attached hydrogens (primary N) is 1. The molecule has 6 nitrogen and oxygen atoms in total. The molecule has 1 aliphatic carbocycles. The molecule has 1 fully saturated rings. The molecule has 0 spiro atoms. The normalized spacial score (nSPS) is 16.1. The Balaban J connectivity index is 0.00000169. The average molecular weight is 366 g/mol. The van der Waals surface area contributed by atoms with Crippen molar-refractivity contribution in [2.45, 2.75) is 31.2 Å². The average Bonchev–Trinajstić information content (AvgIpc) is 3.27. The topological polar surface area (TPSA) is 93.6 Å². The van der Waals surface area contributed by atoms with Crippen LogP contribution in [0.15, 0.2) is 35.0 Å². The predicted octanol–water partition coefficient (Wildman–Crippen LogP) is 3.93. The molecule has 0 radical (unpaired) electrons. The summed E-state index contributed by atoms with van der Waals surface area (Å²) in [6.45, 7) is 0. The van der Waals surface area contributed by atoms with Crippen molar-refractivity contribution >= 4 is 24.0 Å². The molecule has 24 heavy (non-hydrogen) atoms. The van der Waals surface area contributed by atoms with Crippen molar-refractivity contribution in [3.8, 4) is 22.7 Å². The molecule has 0 amide bonds. The van der Waals surface area contributed by atoms with Crippen molar-refractivity contribution in [1.29, 1.82) is 0 Å². The van der Waals surface area contributed by atoms with E-state index in [-0.39, 0.29) is 12.4 Å². The Morgan fingerprint density at radius 3 is 2.79 bits per heavy atom. The van der Waals surface area contributed by atoms with Gasteiger partial charge in [-0.05, 0) is 25.0 Å². The van der Waals surface area contributed by atoms with E-state index in [1.165, 1.54) is 0 Å². The molecule has 8 heteroatoms. The first-order valence-electron chi connectivity index (χ1n) is 7.58. The first kappa shape index (κ1) is 17.0. The number of hydrogen-bond donors (Lipinski definition) is 2. The third-order valence-corrected chi connectivity index (χ3v) is 4.59. The van der Waals surface area contributed by atoms with Crippen LogP contribution in [0.2, 0.25) is 5.02 Å². The van der Waals surface area contributed by atoms with Crippen LogP contribution in [0, 0.1) is 0 Å². The lowest BCUT2D eigenvalue weighted by atomic mass is 9.98. The Kier molecular flexibility index (Phi) is 4.62. The lowest BCUT2D eigenvalue weighted by molar-refractivity contribution is 0.372. The maximum Gasteiger partial charge on any atom is 0.261 e. The van der Waals surface area contributed by atoms with Crippen molar-refractivity contribution in [3.05, 3.63) is 41.3 Å². The van der Waals surface area contributed by atoms with E-state index in [9.17, 15) is 0 Å². The quantitative estimate of drug-likeness (QED) is 0.733. The van der Waals surface area contributed by atoms with Crippen LogP contribution in [0.5, 0.6) is 0 Å². The summed E-state index contributed by atoms with van der Waals surface area (Å²) in [5, 5.41) is 11.8. The van der Waals surface area contributed by atoms with E-state index in [2.05, 4.69) is 20.3 Å². The molecule has 3 aromatic rings. The number of H-pyrrole nitrogens is 1. The van der Waals surface area contributed by atoms with Gasteiger partial charge in [0.05, 0.1) is 23.0 Å². The lowest BCUT2D eigenvalue weighted by Gasteiger charge is -2.17. The standard InChI is InChI=1S/C16H16ClN5O.ClH/c17-11-5-3-4-10(8-11)13-12(9-19-21-13)14-20-15(22-23-14)16(18)6-1-2-7-16;/h3-5,8-9H,1-2,6-7,18H2,(H,19,21);1H. The van der Waals surface area contributed by atoms with Crippen molar-refractivity contribution in [2.24, 2.45) is 5.73 Å². The van der Waals surface area contributed by atoms with Crippen LogP contribution >= 0.6 is 24.0 Å². The van der Waals surface area contributed by atoms with Crippen molar-refractivity contribution < 1.29 is 4.52 Å². The smallest absolute Gasteiger partial charge is 0.261 e. The highest BCUT2D eigenvalue weighted by atomic mass is 35.5. The molecule has 0 aliphatic heterocycles. The third kappa shape index (κ3) is 2.92. The second kappa shape index (κ2) is 6.55. The molecule has 0 saturated heterocycles. The van der Waals surface area contributed by atoms with Crippen molar-refractivity contribution in [2.75, 3.05) is 0 Å². The van der Waals surface area contributed by atoms with E-state index >= 15 is 0 Å². The van der Waals surface area contributed by atoms with E-state index in [1.54, 1.807) is 6.20 Å². The van der Waals surface area contributed by atoms with Gasteiger partial charge in [0.2, 0.25) is 0 Å². The minimum absolute atomic E-state index is 0. The van der Waals surface area contributed by atoms with Gasteiger partial charge in [0.25, 0.3) is 5.89 Å². The van der Waals surface area contributed by atoms with Gasteiger partial charge >= 0.3 is 0 Å². The molecule has 0 bridgehead atoms. The summed E-state index contributed by atoms with van der Waals surface area (Å²) in [4.78, 5) is 4.52. The number of aromatic amines is 1. The molecule has 0 atom stereocenters. The maximum atomic E-state index is 6.39. The molecular weight excluding hydrogens is 349 g/mol. The molecule has 4 rings (SSSR count). The number of rotatable bonds is 3. The molecule has 3 N–H and O–H groups in total. The summed E-state index contributed by atoms with van der Waals surface area (Å²) in [7, 11) is 0. The zero-order chi connectivity index (χ0) is 15.9. The van der Waals surface area contributed by atoms with Crippen LogP contribution in [-0.4, -0.2) is 20.3 Å². The Labute approximate surface area is 150 Å². The van der Waals surface area contributed by atoms with Gasteiger partial charge in [-0.15, -0.1) is 12.4 Å². The minimum Gasteiger partial charge on any atom is -0.334 e. The third-order valence-electron chi connectivity index (χ3n) is 4.35. The number of nitrogens with zero attached hydrogens (tertiary/aromatic N) is 3. The number of halogens is 2. The van der Waals surface area contributed by atoms with Gasteiger partial charge in [0.15, 0.2) is 5.82 Å². The fourth-order valence-corrected chi connectivity index (χ4v) is 3.27. The molecule has 2 heterocycles. The Bertz CT molecular complexity index is 838. The van der Waals surface area contributed by atoms with Gasteiger partial charge in [0.1, 0.15) is 0 Å². The molecule has 1 aromatic carbocycles. The van der Waals surface area contributed by atoms with E-state index in [0.717, 1.165) is 42.5 Å². The molecule has 2 aromatic heterocycles. The zero-order valence-corrected chi connectivity index (χ0v) is 14.4. The van der Waals surface area contributed by atoms with Crippen molar-refractivity contribution in [3.63, 3.8) is 0 Å². The zero-order valence-electron chi connectivity index (χ0n) is 12.8. The molecule has 0 unspecified atom stereocenters. The number of aromatic nitrogens is 4. The highest BCUT2D eigenvalue weighted by molar-refractivity contribution is 6.30. The van der Waals surface area contributed by atoms with Crippen molar-refractivity contribution in [1.82, 2.24) is 20.3 Å². The van der Waals surface area contributed by atoms with E-state index in [0.29, 0.717) is 16.7 Å². The number of benzene rings is 1. The molecule has 1 aliphatic rings. The van der Waals surface area contributed by atoms with Crippen LogP contribution in [0.1, 0.15) is 31.5 Å². The Morgan fingerprint density at radius 1 is 1.25 bits per heavy atom. The SMILES string of the molecule is Cl.NC1(c2noc(-c3cn[nH]c3-c3cccc(Cl)c3)n2)CCCC1. The number of hydrogen-bond acceptors (Lipinski definition) is 5. The van der Waals surface area contributed by atoms with Gasteiger partial charge < -0.3 is 10.3 Å². The second-order valence-corrected chi connectivity index (χ2v) is 6.39. The summed E-state index contributed by atoms with van der Waals surface area (Å²) in [6, 6.07) is 7.51. The van der Waals surface area contributed by atoms with E-state index in [1.807, 2.05) is 24.3 Å². The largest absolute Gasteiger partial charge is 0.334 e. The molecule has 126 valence electrons. The first-order chi connectivity index (χ1) is 11.2.